The molecule has 0 bridgehead atoms. The zero-order valence-corrected chi connectivity index (χ0v) is 17.9. The molecule has 0 amide bonds. The first-order valence-corrected chi connectivity index (χ1v) is 11.9. The molecular formula is C24H50O. The van der Waals surface area contributed by atoms with E-state index in [1.54, 1.807) is 0 Å². The van der Waals surface area contributed by atoms with Crippen molar-refractivity contribution in [2.45, 2.75) is 142 Å². The summed E-state index contributed by atoms with van der Waals surface area (Å²) in [5, 5.41) is 8.74. The largest absolute Gasteiger partial charge is 0.396 e. The molecule has 0 fully saturated rings. The van der Waals surface area contributed by atoms with Gasteiger partial charge < -0.3 is 5.11 Å². The molecule has 0 radical (unpaired) electrons. The molecule has 1 nitrogen and oxygen atoms in total. The third-order valence-corrected chi connectivity index (χ3v) is 5.66. The first kappa shape index (κ1) is 25.0. The second-order valence-corrected chi connectivity index (χ2v) is 8.42. The average molecular weight is 355 g/mol. The lowest BCUT2D eigenvalue weighted by molar-refractivity contribution is 0.282. The maximum absolute atomic E-state index is 8.74. The molecule has 1 atom stereocenters. The molecule has 1 unspecified atom stereocenters. The van der Waals surface area contributed by atoms with Crippen LogP contribution in [-0.2, 0) is 0 Å². The molecule has 0 aromatic heterocycles. The van der Waals surface area contributed by atoms with Crippen molar-refractivity contribution in [1.82, 2.24) is 0 Å². The lowest BCUT2D eigenvalue weighted by atomic mass is 9.95. The second-order valence-electron chi connectivity index (χ2n) is 8.42. The molecule has 0 heterocycles. The fourth-order valence-corrected chi connectivity index (χ4v) is 3.79. The van der Waals surface area contributed by atoms with Gasteiger partial charge in [0, 0.05) is 6.61 Å². The fourth-order valence-electron chi connectivity index (χ4n) is 3.79. The molecule has 152 valence electrons. The summed E-state index contributed by atoms with van der Waals surface area (Å²) in [6, 6.07) is 0. The van der Waals surface area contributed by atoms with E-state index in [0.717, 1.165) is 12.3 Å². The summed E-state index contributed by atoms with van der Waals surface area (Å²) in [5.74, 6) is 0.947. The summed E-state index contributed by atoms with van der Waals surface area (Å²) < 4.78 is 0. The van der Waals surface area contributed by atoms with Crippen molar-refractivity contribution in [3.05, 3.63) is 0 Å². The van der Waals surface area contributed by atoms with Crippen LogP contribution in [0.4, 0.5) is 0 Å². The topological polar surface area (TPSA) is 20.2 Å². The third kappa shape index (κ3) is 21.9. The normalized spacial score (nSPS) is 12.6. The van der Waals surface area contributed by atoms with E-state index in [1.165, 1.54) is 122 Å². The van der Waals surface area contributed by atoms with Crippen molar-refractivity contribution in [2.24, 2.45) is 5.92 Å². The molecule has 25 heavy (non-hydrogen) atoms. The van der Waals surface area contributed by atoms with E-state index in [-0.39, 0.29) is 0 Å². The van der Waals surface area contributed by atoms with Crippen LogP contribution < -0.4 is 0 Å². The monoisotopic (exact) mass is 354 g/mol. The zero-order valence-electron chi connectivity index (χ0n) is 17.9. The van der Waals surface area contributed by atoms with Crippen LogP contribution in [0.5, 0.6) is 0 Å². The highest BCUT2D eigenvalue weighted by atomic mass is 16.2. The molecule has 1 N–H and O–H groups in total. The van der Waals surface area contributed by atoms with Crippen LogP contribution in [0.2, 0.25) is 0 Å². The van der Waals surface area contributed by atoms with Crippen LogP contribution in [0.15, 0.2) is 0 Å². The number of hydrogen-bond acceptors (Lipinski definition) is 1. The van der Waals surface area contributed by atoms with Crippen molar-refractivity contribution < 1.29 is 5.11 Å². The Balaban J connectivity index is 3.12. The van der Waals surface area contributed by atoms with E-state index in [4.69, 9.17) is 5.11 Å². The van der Waals surface area contributed by atoms with Gasteiger partial charge in [-0.1, -0.05) is 136 Å². The standard InChI is InChI=1S/C24H50O/c1-3-4-5-6-7-9-12-15-18-21-24(2)22-19-16-13-10-8-11-14-17-20-23-25/h24-25H,3-23H2,1-2H3. The number of aliphatic hydroxyl groups excluding tert-OH is 1. The van der Waals surface area contributed by atoms with Gasteiger partial charge in [-0.15, -0.1) is 0 Å². The second kappa shape index (κ2) is 22.0. The maximum Gasteiger partial charge on any atom is 0.0431 e. The van der Waals surface area contributed by atoms with Crippen molar-refractivity contribution >= 4 is 0 Å². The van der Waals surface area contributed by atoms with E-state index < -0.39 is 0 Å². The van der Waals surface area contributed by atoms with Crippen molar-refractivity contribution in [2.75, 3.05) is 6.61 Å². The molecule has 0 aromatic carbocycles. The molecule has 0 saturated heterocycles. The number of aliphatic hydroxyl groups is 1. The van der Waals surface area contributed by atoms with Crippen LogP contribution >= 0.6 is 0 Å². The Morgan fingerprint density at radius 2 is 0.800 bits per heavy atom. The van der Waals surface area contributed by atoms with Crippen LogP contribution in [0, 0.1) is 5.92 Å². The van der Waals surface area contributed by atoms with Crippen molar-refractivity contribution in [3.63, 3.8) is 0 Å². The molecule has 0 saturated carbocycles. The summed E-state index contributed by atoms with van der Waals surface area (Å²) >= 11 is 0. The number of hydrogen-bond donors (Lipinski definition) is 1. The van der Waals surface area contributed by atoms with Crippen LogP contribution in [0.3, 0.4) is 0 Å². The van der Waals surface area contributed by atoms with Crippen LogP contribution in [0.1, 0.15) is 142 Å². The smallest absolute Gasteiger partial charge is 0.0431 e. The molecule has 0 rings (SSSR count). The SMILES string of the molecule is CCCCCCCCCCCC(C)CCCCCCCCCCCO. The summed E-state index contributed by atoms with van der Waals surface area (Å²) in [6.45, 7) is 5.13. The highest BCUT2D eigenvalue weighted by Gasteiger charge is 2.02. The van der Waals surface area contributed by atoms with Gasteiger partial charge in [0.15, 0.2) is 0 Å². The minimum atomic E-state index is 0.372. The van der Waals surface area contributed by atoms with E-state index in [1.807, 2.05) is 0 Å². The predicted octanol–water partition coefficient (Wildman–Crippen LogP) is 8.44. The van der Waals surface area contributed by atoms with Crippen LogP contribution in [0.25, 0.3) is 0 Å². The van der Waals surface area contributed by atoms with Crippen molar-refractivity contribution in [1.29, 1.82) is 0 Å². The van der Waals surface area contributed by atoms with Gasteiger partial charge in [-0.2, -0.15) is 0 Å². The van der Waals surface area contributed by atoms with Gasteiger partial charge in [0.25, 0.3) is 0 Å². The molecule has 0 spiro atoms. The summed E-state index contributed by atoms with van der Waals surface area (Å²) in [6.07, 6.45) is 28.0. The van der Waals surface area contributed by atoms with Gasteiger partial charge in [0.05, 0.1) is 0 Å². The Morgan fingerprint density at radius 3 is 1.16 bits per heavy atom. The van der Waals surface area contributed by atoms with E-state index in [9.17, 15) is 0 Å². The van der Waals surface area contributed by atoms with Crippen molar-refractivity contribution in [3.8, 4) is 0 Å². The Bertz CT molecular complexity index is 226. The van der Waals surface area contributed by atoms with Crippen LogP contribution in [-0.4, -0.2) is 11.7 Å². The fraction of sp³-hybridized carbons (Fsp3) is 1.00. The van der Waals surface area contributed by atoms with Gasteiger partial charge in [-0.25, -0.2) is 0 Å². The molecule has 0 aliphatic heterocycles. The quantitative estimate of drug-likeness (QED) is 0.205. The number of unbranched alkanes of at least 4 members (excludes halogenated alkanes) is 16. The van der Waals surface area contributed by atoms with Gasteiger partial charge in [0.1, 0.15) is 0 Å². The Hall–Kier alpha value is -0.0400. The Kier molecular flexibility index (Phi) is 22.0. The molecule has 0 aromatic rings. The van der Waals surface area contributed by atoms with Gasteiger partial charge >= 0.3 is 0 Å². The molecule has 0 aliphatic rings. The number of rotatable bonds is 21. The van der Waals surface area contributed by atoms with E-state index in [0.29, 0.717) is 6.61 Å². The Labute approximate surface area is 160 Å². The lowest BCUT2D eigenvalue weighted by Gasteiger charge is -2.11. The first-order chi connectivity index (χ1) is 12.3. The minimum Gasteiger partial charge on any atom is -0.396 e. The lowest BCUT2D eigenvalue weighted by Crippen LogP contribution is -1.95. The van der Waals surface area contributed by atoms with Gasteiger partial charge in [-0.3, -0.25) is 0 Å². The van der Waals surface area contributed by atoms with E-state index in [2.05, 4.69) is 13.8 Å². The molecule has 1 heteroatoms. The summed E-state index contributed by atoms with van der Waals surface area (Å²) in [4.78, 5) is 0. The maximum atomic E-state index is 8.74. The van der Waals surface area contributed by atoms with E-state index >= 15 is 0 Å². The highest BCUT2D eigenvalue weighted by Crippen LogP contribution is 2.19. The molecular weight excluding hydrogens is 304 g/mol. The average Bonchev–Trinajstić information content (AvgIpc) is 2.62. The third-order valence-electron chi connectivity index (χ3n) is 5.66. The van der Waals surface area contributed by atoms with Gasteiger partial charge in [-0.05, 0) is 12.3 Å². The minimum absolute atomic E-state index is 0.372. The summed E-state index contributed by atoms with van der Waals surface area (Å²) in [7, 11) is 0. The summed E-state index contributed by atoms with van der Waals surface area (Å²) in [5.41, 5.74) is 0. The first-order valence-electron chi connectivity index (χ1n) is 11.9. The van der Waals surface area contributed by atoms with Gasteiger partial charge in [0.2, 0.25) is 0 Å². The molecule has 0 aliphatic carbocycles. The zero-order chi connectivity index (χ0) is 18.4. The Morgan fingerprint density at radius 1 is 0.480 bits per heavy atom. The highest BCUT2D eigenvalue weighted by molar-refractivity contribution is 4.56. The predicted molar refractivity (Wildman–Crippen MR) is 114 cm³/mol.